The normalized spacial score (nSPS) is 15.0. The van der Waals surface area contributed by atoms with Crippen LogP contribution in [0.15, 0.2) is 73.4 Å². The third kappa shape index (κ3) is 6.83. The summed E-state index contributed by atoms with van der Waals surface area (Å²) in [4.78, 5) is 0. The van der Waals surface area contributed by atoms with Gasteiger partial charge in [0.1, 0.15) is 0 Å². The summed E-state index contributed by atoms with van der Waals surface area (Å²) in [5, 5.41) is 0. The van der Waals surface area contributed by atoms with Crippen LogP contribution in [0.5, 0.6) is 0 Å². The van der Waals surface area contributed by atoms with Gasteiger partial charge in [0, 0.05) is 0 Å². The quantitative estimate of drug-likeness (QED) is 0.523. The molecule has 1 atom stereocenters. The average Bonchev–Trinajstić information content (AvgIpc) is 2.28. The van der Waals surface area contributed by atoms with Crippen LogP contribution in [-0.2, 0) is 0 Å². The van der Waals surface area contributed by atoms with E-state index in [1.165, 1.54) is 5.57 Å². The van der Waals surface area contributed by atoms with Crippen molar-refractivity contribution in [2.24, 2.45) is 5.92 Å². The molecule has 0 aromatic rings. The molecule has 0 heterocycles. The van der Waals surface area contributed by atoms with Crippen LogP contribution in [0.3, 0.4) is 0 Å². The largest absolute Gasteiger partial charge is 0.0991 e. The molecule has 0 N–H and O–H groups in total. The molecular weight excluding hydrogens is 192 g/mol. The van der Waals surface area contributed by atoms with Gasteiger partial charge in [-0.25, -0.2) is 0 Å². The second kappa shape index (κ2) is 9.97. The minimum absolute atomic E-state index is 0.516. The molecule has 0 spiro atoms. The summed E-state index contributed by atoms with van der Waals surface area (Å²) >= 11 is 0. The lowest BCUT2D eigenvalue weighted by molar-refractivity contribution is 0.712. The first-order chi connectivity index (χ1) is 7.76. The van der Waals surface area contributed by atoms with Gasteiger partial charge in [-0.3, -0.25) is 0 Å². The zero-order chi connectivity index (χ0) is 12.2. The summed E-state index contributed by atoms with van der Waals surface area (Å²) in [6, 6.07) is 0. The fraction of sp³-hybridized carbons (Fsp3) is 0.250. The second-order valence-corrected chi connectivity index (χ2v) is 3.59. The van der Waals surface area contributed by atoms with Crippen LogP contribution in [0.4, 0.5) is 0 Å². The van der Waals surface area contributed by atoms with Gasteiger partial charge in [0.15, 0.2) is 0 Å². The molecule has 0 saturated heterocycles. The SMILES string of the molecule is C=C/C=C\C=C/CC(C)C(/C=C\C)=C/C=C. The smallest absolute Gasteiger partial charge is 0.0156 e. The molecule has 0 aliphatic carbocycles. The minimum Gasteiger partial charge on any atom is -0.0991 e. The molecule has 16 heavy (non-hydrogen) atoms. The van der Waals surface area contributed by atoms with E-state index in [2.05, 4.69) is 50.5 Å². The summed E-state index contributed by atoms with van der Waals surface area (Å²) in [5.41, 5.74) is 1.31. The Kier molecular flexibility index (Phi) is 9.00. The van der Waals surface area contributed by atoms with E-state index < -0.39 is 0 Å². The van der Waals surface area contributed by atoms with E-state index in [-0.39, 0.29) is 0 Å². The predicted molar refractivity (Wildman–Crippen MR) is 75.4 cm³/mol. The van der Waals surface area contributed by atoms with E-state index in [0.29, 0.717) is 5.92 Å². The lowest BCUT2D eigenvalue weighted by Crippen LogP contribution is -1.95. The highest BCUT2D eigenvalue weighted by Crippen LogP contribution is 2.16. The molecule has 0 aromatic heterocycles. The van der Waals surface area contributed by atoms with Crippen LogP contribution >= 0.6 is 0 Å². The predicted octanol–water partition coefficient (Wildman–Crippen LogP) is 5.00. The van der Waals surface area contributed by atoms with Crippen LogP contribution in [0.25, 0.3) is 0 Å². The summed E-state index contributed by atoms with van der Waals surface area (Å²) in [6.45, 7) is 11.6. The topological polar surface area (TPSA) is 0 Å². The van der Waals surface area contributed by atoms with Crippen molar-refractivity contribution in [2.75, 3.05) is 0 Å². The van der Waals surface area contributed by atoms with Crippen LogP contribution in [-0.4, -0.2) is 0 Å². The first kappa shape index (κ1) is 14.4. The van der Waals surface area contributed by atoms with Crippen molar-refractivity contribution in [3.8, 4) is 0 Å². The fourth-order valence-corrected chi connectivity index (χ4v) is 1.35. The van der Waals surface area contributed by atoms with Crippen LogP contribution < -0.4 is 0 Å². The van der Waals surface area contributed by atoms with E-state index in [1.807, 2.05) is 25.2 Å². The zero-order valence-electron chi connectivity index (χ0n) is 10.4. The lowest BCUT2D eigenvalue weighted by Gasteiger charge is -2.09. The highest BCUT2D eigenvalue weighted by atomic mass is 14.1. The molecule has 0 amide bonds. The highest BCUT2D eigenvalue weighted by Gasteiger charge is 2.02. The Bertz CT molecular complexity index is 311. The maximum absolute atomic E-state index is 3.74. The molecule has 0 aromatic carbocycles. The second-order valence-electron chi connectivity index (χ2n) is 3.59. The first-order valence-electron chi connectivity index (χ1n) is 5.65. The van der Waals surface area contributed by atoms with Crippen LogP contribution in [0.1, 0.15) is 20.3 Å². The van der Waals surface area contributed by atoms with Crippen molar-refractivity contribution < 1.29 is 0 Å². The van der Waals surface area contributed by atoms with Crippen molar-refractivity contribution in [1.82, 2.24) is 0 Å². The van der Waals surface area contributed by atoms with Gasteiger partial charge < -0.3 is 0 Å². The van der Waals surface area contributed by atoms with Crippen molar-refractivity contribution in [3.05, 3.63) is 73.4 Å². The van der Waals surface area contributed by atoms with E-state index in [0.717, 1.165) is 6.42 Å². The Morgan fingerprint density at radius 3 is 2.44 bits per heavy atom. The number of rotatable bonds is 7. The summed E-state index contributed by atoms with van der Waals surface area (Å²) < 4.78 is 0. The van der Waals surface area contributed by atoms with E-state index in [4.69, 9.17) is 0 Å². The van der Waals surface area contributed by atoms with Crippen LogP contribution in [0, 0.1) is 5.92 Å². The van der Waals surface area contributed by atoms with Gasteiger partial charge in [0.2, 0.25) is 0 Å². The highest BCUT2D eigenvalue weighted by molar-refractivity contribution is 5.25. The molecule has 0 bridgehead atoms. The third-order valence-electron chi connectivity index (χ3n) is 2.22. The molecule has 0 saturated carbocycles. The number of hydrogen-bond acceptors (Lipinski definition) is 0. The molecule has 0 nitrogen and oxygen atoms in total. The van der Waals surface area contributed by atoms with Crippen LogP contribution in [0.2, 0.25) is 0 Å². The van der Waals surface area contributed by atoms with Gasteiger partial charge in [0.25, 0.3) is 0 Å². The van der Waals surface area contributed by atoms with E-state index in [1.54, 1.807) is 6.08 Å². The van der Waals surface area contributed by atoms with Crippen molar-refractivity contribution in [1.29, 1.82) is 0 Å². The van der Waals surface area contributed by atoms with Gasteiger partial charge in [-0.05, 0) is 24.8 Å². The van der Waals surface area contributed by atoms with Gasteiger partial charge in [-0.2, -0.15) is 0 Å². The van der Waals surface area contributed by atoms with Crippen molar-refractivity contribution in [3.63, 3.8) is 0 Å². The molecule has 1 unspecified atom stereocenters. The standard InChI is InChI=1S/C16H22/c1-5-8-9-10-11-14-15(4)16(12-6-2)13-7-3/h5-13,15H,1-2,14H2,3-4H3/b9-8-,11-10-,13-7-,16-12+. The average molecular weight is 214 g/mol. The lowest BCUT2D eigenvalue weighted by atomic mass is 9.96. The summed E-state index contributed by atoms with van der Waals surface area (Å²) in [6.07, 6.45) is 19.1. The fourth-order valence-electron chi connectivity index (χ4n) is 1.35. The molecule has 0 radical (unpaired) electrons. The molecule has 0 rings (SSSR count). The molecule has 0 fully saturated rings. The number of hydrogen-bond donors (Lipinski definition) is 0. The molecule has 86 valence electrons. The zero-order valence-corrected chi connectivity index (χ0v) is 10.4. The first-order valence-corrected chi connectivity index (χ1v) is 5.65. The Labute approximate surface area is 100 Å². The van der Waals surface area contributed by atoms with Gasteiger partial charge in [-0.15, -0.1) is 0 Å². The van der Waals surface area contributed by atoms with Crippen molar-refractivity contribution >= 4 is 0 Å². The van der Waals surface area contributed by atoms with E-state index >= 15 is 0 Å². The van der Waals surface area contributed by atoms with Gasteiger partial charge in [0.05, 0.1) is 0 Å². The molecule has 0 heteroatoms. The monoisotopic (exact) mass is 214 g/mol. The molecule has 0 aliphatic heterocycles. The van der Waals surface area contributed by atoms with E-state index in [9.17, 15) is 0 Å². The Morgan fingerprint density at radius 1 is 1.12 bits per heavy atom. The maximum atomic E-state index is 3.74. The van der Waals surface area contributed by atoms with Gasteiger partial charge in [-0.1, -0.05) is 74.8 Å². The Morgan fingerprint density at radius 2 is 1.88 bits per heavy atom. The Balaban J connectivity index is 4.31. The maximum Gasteiger partial charge on any atom is -0.0156 e. The van der Waals surface area contributed by atoms with Gasteiger partial charge >= 0.3 is 0 Å². The van der Waals surface area contributed by atoms with Crippen molar-refractivity contribution in [2.45, 2.75) is 20.3 Å². The Hall–Kier alpha value is -1.56. The number of allylic oxidation sites excluding steroid dienone is 10. The summed E-state index contributed by atoms with van der Waals surface area (Å²) in [7, 11) is 0. The third-order valence-corrected chi connectivity index (χ3v) is 2.22. The molecular formula is C16H22. The minimum atomic E-state index is 0.516. The molecule has 0 aliphatic rings. The summed E-state index contributed by atoms with van der Waals surface area (Å²) in [5.74, 6) is 0.516.